The number of hydrogen-bond donors (Lipinski definition) is 1. The summed E-state index contributed by atoms with van der Waals surface area (Å²) in [6.45, 7) is 1.71. The minimum atomic E-state index is -4.42. The Morgan fingerprint density at radius 2 is 2.00 bits per heavy atom. The lowest BCUT2D eigenvalue weighted by Crippen LogP contribution is -2.25. The Bertz CT molecular complexity index is 185. The fourth-order valence-electron chi connectivity index (χ4n) is 0.577. The van der Waals surface area contributed by atoms with Crippen LogP contribution in [0.4, 0.5) is 13.2 Å². The van der Waals surface area contributed by atoms with Gasteiger partial charge in [-0.15, -0.1) is 0 Å². The van der Waals surface area contributed by atoms with E-state index in [0.29, 0.717) is 5.75 Å². The molecular weight excluding hydrogens is 201 g/mol. The van der Waals surface area contributed by atoms with E-state index in [1.54, 1.807) is 6.92 Å². The van der Waals surface area contributed by atoms with Crippen LogP contribution >= 0.6 is 11.8 Å². The highest BCUT2D eigenvalue weighted by Crippen LogP contribution is 2.28. The Kier molecular flexibility index (Phi) is 5.18. The van der Waals surface area contributed by atoms with Crippen molar-refractivity contribution in [1.29, 1.82) is 5.26 Å². The molecule has 0 heterocycles. The fraction of sp³-hybridized carbons (Fsp3) is 0.857. The fourth-order valence-corrected chi connectivity index (χ4v) is 1.58. The average Bonchev–Trinajstić information content (AvgIpc) is 1.95. The van der Waals surface area contributed by atoms with Gasteiger partial charge >= 0.3 is 6.18 Å². The molecule has 0 spiro atoms. The average molecular weight is 212 g/mol. The Morgan fingerprint density at radius 1 is 1.46 bits per heavy atom. The van der Waals surface area contributed by atoms with Gasteiger partial charge in [-0.05, 0) is 6.92 Å². The molecular formula is C7H11F3N2S. The van der Waals surface area contributed by atoms with Gasteiger partial charge in [-0.25, -0.2) is 0 Å². The van der Waals surface area contributed by atoms with Gasteiger partial charge in [-0.3, -0.25) is 0 Å². The first-order valence-corrected chi connectivity index (χ1v) is 4.83. The van der Waals surface area contributed by atoms with E-state index in [1.165, 1.54) is 6.07 Å². The molecule has 2 atom stereocenters. The summed E-state index contributed by atoms with van der Waals surface area (Å²) < 4.78 is 35.9. The van der Waals surface area contributed by atoms with Crippen molar-refractivity contribution in [3.05, 3.63) is 0 Å². The molecule has 0 amide bonds. The van der Waals surface area contributed by atoms with E-state index in [9.17, 15) is 13.2 Å². The van der Waals surface area contributed by atoms with E-state index >= 15 is 0 Å². The van der Waals surface area contributed by atoms with E-state index < -0.39 is 12.1 Å². The lowest BCUT2D eigenvalue weighted by Gasteiger charge is -2.13. The second-order valence-corrected chi connectivity index (χ2v) is 3.81. The van der Waals surface area contributed by atoms with Crippen LogP contribution in [0.25, 0.3) is 0 Å². The van der Waals surface area contributed by atoms with Gasteiger partial charge < -0.3 is 5.73 Å². The van der Waals surface area contributed by atoms with E-state index in [2.05, 4.69) is 0 Å². The van der Waals surface area contributed by atoms with Crippen LogP contribution in [0.5, 0.6) is 0 Å². The molecule has 2 nitrogen and oxygen atoms in total. The molecule has 0 rings (SSSR count). The molecule has 0 bridgehead atoms. The number of hydrogen-bond acceptors (Lipinski definition) is 3. The third-order valence-electron chi connectivity index (χ3n) is 1.22. The zero-order valence-electron chi connectivity index (χ0n) is 7.14. The molecule has 0 aromatic heterocycles. The zero-order valence-corrected chi connectivity index (χ0v) is 7.95. The van der Waals surface area contributed by atoms with Crippen LogP contribution < -0.4 is 5.73 Å². The SMILES string of the molecule is CC(N)CSCC(C#N)C(F)(F)F. The summed E-state index contributed by atoms with van der Waals surface area (Å²) in [6.07, 6.45) is -4.42. The number of rotatable bonds is 4. The molecule has 2 N–H and O–H groups in total. The molecule has 13 heavy (non-hydrogen) atoms. The molecule has 0 aromatic rings. The highest BCUT2D eigenvalue weighted by atomic mass is 32.2. The molecule has 0 saturated heterocycles. The number of nitrogens with two attached hydrogens (primary N) is 1. The van der Waals surface area contributed by atoms with Crippen LogP contribution in [0.15, 0.2) is 0 Å². The number of halogens is 3. The second kappa shape index (κ2) is 5.35. The van der Waals surface area contributed by atoms with Gasteiger partial charge in [0.05, 0.1) is 6.07 Å². The van der Waals surface area contributed by atoms with Crippen molar-refractivity contribution in [3.8, 4) is 6.07 Å². The highest BCUT2D eigenvalue weighted by molar-refractivity contribution is 7.99. The number of thioether (sulfide) groups is 1. The summed E-state index contributed by atoms with van der Waals surface area (Å²) in [5.41, 5.74) is 5.34. The topological polar surface area (TPSA) is 49.8 Å². The normalized spacial score (nSPS) is 16.3. The zero-order chi connectivity index (χ0) is 10.5. The van der Waals surface area contributed by atoms with Crippen molar-refractivity contribution >= 4 is 11.8 Å². The van der Waals surface area contributed by atoms with E-state index in [-0.39, 0.29) is 11.8 Å². The first-order chi connectivity index (χ1) is 5.88. The third kappa shape index (κ3) is 5.77. The van der Waals surface area contributed by atoms with E-state index in [1.807, 2.05) is 0 Å². The Labute approximate surface area is 79.3 Å². The Hall–Kier alpha value is -0.410. The lowest BCUT2D eigenvalue weighted by molar-refractivity contribution is -0.152. The summed E-state index contributed by atoms with van der Waals surface area (Å²) in [7, 11) is 0. The van der Waals surface area contributed by atoms with E-state index in [4.69, 9.17) is 11.0 Å². The third-order valence-corrected chi connectivity index (χ3v) is 2.55. The predicted molar refractivity (Wildman–Crippen MR) is 46.1 cm³/mol. The first-order valence-electron chi connectivity index (χ1n) is 3.67. The predicted octanol–water partition coefficient (Wildman–Crippen LogP) is 1.77. The van der Waals surface area contributed by atoms with Crippen molar-refractivity contribution in [3.63, 3.8) is 0 Å². The van der Waals surface area contributed by atoms with Gasteiger partial charge in [-0.1, -0.05) is 0 Å². The van der Waals surface area contributed by atoms with Crippen molar-refractivity contribution < 1.29 is 13.2 Å². The minimum Gasteiger partial charge on any atom is -0.327 e. The summed E-state index contributed by atoms with van der Waals surface area (Å²) >= 11 is 1.05. The van der Waals surface area contributed by atoms with Crippen LogP contribution in [0, 0.1) is 17.2 Å². The maximum atomic E-state index is 12.0. The standard InChI is InChI=1S/C7H11F3N2S/c1-5(12)3-13-4-6(2-11)7(8,9)10/h5-6H,3-4,12H2,1H3. The van der Waals surface area contributed by atoms with Crippen molar-refractivity contribution in [2.45, 2.75) is 19.1 Å². The van der Waals surface area contributed by atoms with Gasteiger partial charge in [0.25, 0.3) is 0 Å². The van der Waals surface area contributed by atoms with Gasteiger partial charge in [0.15, 0.2) is 5.92 Å². The number of alkyl halides is 3. The molecule has 0 aromatic carbocycles. The highest BCUT2D eigenvalue weighted by Gasteiger charge is 2.39. The second-order valence-electron chi connectivity index (χ2n) is 2.74. The molecule has 0 saturated carbocycles. The molecule has 2 unspecified atom stereocenters. The summed E-state index contributed by atoms with van der Waals surface area (Å²) in [6, 6.07) is 1.09. The van der Waals surface area contributed by atoms with Crippen LogP contribution in [0.1, 0.15) is 6.92 Å². The summed E-state index contributed by atoms with van der Waals surface area (Å²) in [4.78, 5) is 0. The Morgan fingerprint density at radius 3 is 2.31 bits per heavy atom. The molecule has 0 aliphatic heterocycles. The summed E-state index contributed by atoms with van der Waals surface area (Å²) in [5, 5.41) is 8.21. The smallest absolute Gasteiger partial charge is 0.327 e. The van der Waals surface area contributed by atoms with Crippen molar-refractivity contribution in [2.24, 2.45) is 11.7 Å². The van der Waals surface area contributed by atoms with Gasteiger partial charge in [0.2, 0.25) is 0 Å². The molecule has 0 aliphatic rings. The van der Waals surface area contributed by atoms with Crippen LogP contribution in [-0.2, 0) is 0 Å². The largest absolute Gasteiger partial charge is 0.405 e. The Balaban J connectivity index is 3.83. The van der Waals surface area contributed by atoms with Gasteiger partial charge in [0.1, 0.15) is 0 Å². The molecule has 76 valence electrons. The minimum absolute atomic E-state index is 0.141. The van der Waals surface area contributed by atoms with Gasteiger partial charge in [-0.2, -0.15) is 30.2 Å². The van der Waals surface area contributed by atoms with Crippen LogP contribution in [0.3, 0.4) is 0 Å². The molecule has 0 radical (unpaired) electrons. The van der Waals surface area contributed by atoms with Crippen molar-refractivity contribution in [2.75, 3.05) is 11.5 Å². The van der Waals surface area contributed by atoms with Crippen LogP contribution in [0.2, 0.25) is 0 Å². The molecule has 6 heteroatoms. The lowest BCUT2D eigenvalue weighted by atomic mass is 10.2. The maximum absolute atomic E-state index is 12.0. The number of nitriles is 1. The first kappa shape index (κ1) is 12.6. The molecule has 0 fully saturated rings. The maximum Gasteiger partial charge on any atom is 0.405 e. The monoisotopic (exact) mass is 212 g/mol. The van der Waals surface area contributed by atoms with E-state index in [0.717, 1.165) is 11.8 Å². The summed E-state index contributed by atoms with van der Waals surface area (Å²) in [5.74, 6) is -1.67. The van der Waals surface area contributed by atoms with Crippen molar-refractivity contribution in [1.82, 2.24) is 0 Å². The molecule has 0 aliphatic carbocycles. The quantitative estimate of drug-likeness (QED) is 0.772. The van der Waals surface area contributed by atoms with Crippen LogP contribution in [-0.4, -0.2) is 23.7 Å². The van der Waals surface area contributed by atoms with Gasteiger partial charge in [0, 0.05) is 17.5 Å². The number of nitrogens with zero attached hydrogens (tertiary/aromatic N) is 1.